The van der Waals surface area contributed by atoms with Crippen molar-refractivity contribution in [3.8, 4) is 5.75 Å². The molecule has 3 rings (SSSR count). The summed E-state index contributed by atoms with van der Waals surface area (Å²) in [7, 11) is -6.30. The van der Waals surface area contributed by atoms with E-state index in [1.807, 2.05) is 0 Å². The summed E-state index contributed by atoms with van der Waals surface area (Å²) in [6.07, 6.45) is -3.13. The number of methoxy groups -OCH3 is 1. The average Bonchev–Trinajstić information content (AvgIpc) is 3.24. The second-order valence-electron chi connectivity index (χ2n) is 7.81. The van der Waals surface area contributed by atoms with Crippen molar-refractivity contribution >= 4 is 23.7 Å². The van der Waals surface area contributed by atoms with Gasteiger partial charge >= 0.3 is 19.4 Å². The van der Waals surface area contributed by atoms with Gasteiger partial charge in [-0.2, -0.15) is 0 Å². The minimum Gasteiger partial charge on any atom is -0.468 e. The molecule has 2 heterocycles. The Hall–Kier alpha value is -2.88. The van der Waals surface area contributed by atoms with E-state index in [4.69, 9.17) is 13.8 Å². The number of hydrogen-bond acceptors (Lipinski definition) is 10. The number of halogens is 1. The molecule has 0 bridgehead atoms. The number of carbonyl (C=O) groups is 1. The molecule has 1 aliphatic heterocycles. The number of sulfonamides is 1. The molecule has 14 nitrogen and oxygen atoms in total. The topological polar surface area (TPSA) is 184 Å². The van der Waals surface area contributed by atoms with Gasteiger partial charge in [0.15, 0.2) is 5.75 Å². The first-order valence-electron chi connectivity index (χ1n) is 10.8. The maximum absolute atomic E-state index is 14.8. The highest BCUT2D eigenvalue weighted by molar-refractivity contribution is 7.89. The lowest BCUT2D eigenvalue weighted by Gasteiger charge is -2.23. The molecule has 1 aliphatic rings. The molecule has 1 aromatic heterocycles. The third kappa shape index (κ3) is 6.91. The van der Waals surface area contributed by atoms with E-state index in [1.165, 1.54) is 44.4 Å². The van der Waals surface area contributed by atoms with Gasteiger partial charge in [-0.1, -0.05) is 12.1 Å². The van der Waals surface area contributed by atoms with Gasteiger partial charge in [-0.15, -0.1) is 0 Å². The zero-order valence-corrected chi connectivity index (χ0v) is 21.7. The molecule has 0 amide bonds. The van der Waals surface area contributed by atoms with Crippen LogP contribution in [0, 0.1) is 6.92 Å². The predicted molar refractivity (Wildman–Crippen MR) is 126 cm³/mol. The third-order valence-corrected chi connectivity index (χ3v) is 8.22. The lowest BCUT2D eigenvalue weighted by molar-refractivity contribution is -0.139. The van der Waals surface area contributed by atoms with Gasteiger partial charge in [-0.3, -0.25) is 23.7 Å². The number of rotatable bonds is 11. The van der Waals surface area contributed by atoms with E-state index in [0.29, 0.717) is 0 Å². The van der Waals surface area contributed by atoms with Gasteiger partial charge in [0.25, 0.3) is 5.56 Å². The number of aryl methyl sites for hydroxylation is 1. The number of para-hydroxylation sites is 1. The number of nitrogens with one attached hydrogen (secondary N) is 3. The van der Waals surface area contributed by atoms with Crippen LogP contribution in [0.15, 0.2) is 44.9 Å². The molecule has 3 N–H and O–H groups in total. The molecular weight excluding hydrogens is 538 g/mol. The van der Waals surface area contributed by atoms with Gasteiger partial charge in [0.1, 0.15) is 29.9 Å². The highest BCUT2D eigenvalue weighted by atomic mass is 32.2. The normalized spacial score (nSPS) is 21.4. The highest BCUT2D eigenvalue weighted by Gasteiger charge is 2.40. The summed E-state index contributed by atoms with van der Waals surface area (Å²) in [5, 5.41) is 2.24. The first kappa shape index (κ1) is 28.7. The Morgan fingerprint density at radius 2 is 2.03 bits per heavy atom. The molecule has 1 fully saturated rings. The van der Waals surface area contributed by atoms with Crippen LogP contribution in [0.5, 0.6) is 5.75 Å². The van der Waals surface area contributed by atoms with E-state index in [2.05, 4.69) is 19.5 Å². The summed E-state index contributed by atoms with van der Waals surface area (Å²) in [5.41, 5.74) is -1.19. The fourth-order valence-corrected chi connectivity index (χ4v) is 5.51. The zero-order chi connectivity index (χ0) is 27.4. The van der Waals surface area contributed by atoms with Gasteiger partial charge < -0.3 is 14.0 Å². The van der Waals surface area contributed by atoms with Crippen molar-refractivity contribution in [2.75, 3.05) is 27.3 Å². The van der Waals surface area contributed by atoms with Crippen LogP contribution >= 0.6 is 7.75 Å². The second kappa shape index (κ2) is 11.7. The van der Waals surface area contributed by atoms with Crippen LogP contribution in [0.4, 0.5) is 4.39 Å². The van der Waals surface area contributed by atoms with Crippen molar-refractivity contribution in [2.45, 2.75) is 36.7 Å². The number of benzene rings is 1. The number of alkyl halides is 1. The first-order valence-corrected chi connectivity index (χ1v) is 13.8. The Morgan fingerprint density at radius 3 is 2.70 bits per heavy atom. The summed E-state index contributed by atoms with van der Waals surface area (Å²) in [5.74, 6) is -1.20. The number of H-pyrrole nitrogens is 1. The van der Waals surface area contributed by atoms with E-state index < -0.39 is 66.6 Å². The first-order chi connectivity index (χ1) is 17.4. The van der Waals surface area contributed by atoms with Crippen molar-refractivity contribution in [3.63, 3.8) is 0 Å². The van der Waals surface area contributed by atoms with Crippen molar-refractivity contribution < 1.29 is 40.7 Å². The van der Waals surface area contributed by atoms with Gasteiger partial charge in [-0.05, 0) is 26.1 Å². The average molecular weight is 564 g/mol. The molecule has 4 atom stereocenters. The Balaban J connectivity index is 1.81. The lowest BCUT2D eigenvalue weighted by atomic mass is 10.2. The molecule has 0 saturated carbocycles. The SMILES string of the molecule is CNS(=O)(=O)c1ccccc1OP(=O)(NCC(=O)OC)OC[C@H]1O[C@@H](n2cc(C)c(=O)[nH]c2=O)C[C@@H]1F. The maximum Gasteiger partial charge on any atom is 0.459 e. The standard InChI is InChI=1S/C20H26FN4O10PS/c1-12-10-25(20(28)24-19(12)27)17-8-13(21)15(34-17)11-33-36(29,23-9-18(26)32-3)35-14-6-4-5-7-16(14)37(30,31)22-2/h4-7,10,13,15,17,22H,8-9,11H2,1-3H3,(H,23,29)(H,24,27,28)/t13-,15+,17+,36?/m0/s1. The molecule has 1 saturated heterocycles. The number of nitrogens with zero attached hydrogens (tertiary/aromatic N) is 1. The molecule has 2 aromatic rings. The van der Waals surface area contributed by atoms with Gasteiger partial charge in [0, 0.05) is 18.2 Å². The number of esters is 1. The molecule has 1 aromatic carbocycles. The van der Waals surface area contributed by atoms with E-state index in [1.54, 1.807) is 0 Å². The van der Waals surface area contributed by atoms with Gasteiger partial charge in [-0.25, -0.2) is 32.0 Å². The Morgan fingerprint density at radius 1 is 1.32 bits per heavy atom. The van der Waals surface area contributed by atoms with E-state index >= 15 is 0 Å². The summed E-state index contributed by atoms with van der Waals surface area (Å²) >= 11 is 0. The minimum absolute atomic E-state index is 0.207. The number of carbonyl (C=O) groups excluding carboxylic acids is 1. The lowest BCUT2D eigenvalue weighted by Crippen LogP contribution is -2.33. The van der Waals surface area contributed by atoms with Crippen molar-refractivity contribution in [3.05, 3.63) is 56.9 Å². The van der Waals surface area contributed by atoms with Gasteiger partial charge in [0.05, 0.1) is 13.7 Å². The smallest absolute Gasteiger partial charge is 0.459 e. The van der Waals surface area contributed by atoms with Crippen LogP contribution in [0.2, 0.25) is 0 Å². The van der Waals surface area contributed by atoms with Crippen LogP contribution in [0.3, 0.4) is 0 Å². The quantitative estimate of drug-likeness (QED) is 0.253. The van der Waals surface area contributed by atoms with Crippen LogP contribution < -0.4 is 25.6 Å². The number of ether oxygens (including phenoxy) is 2. The van der Waals surface area contributed by atoms with Crippen molar-refractivity contribution in [1.29, 1.82) is 0 Å². The summed E-state index contributed by atoms with van der Waals surface area (Å²) < 4.78 is 76.8. The summed E-state index contributed by atoms with van der Waals surface area (Å²) in [6, 6.07) is 5.23. The Kier molecular flexibility index (Phi) is 9.05. The minimum atomic E-state index is -4.52. The summed E-state index contributed by atoms with van der Waals surface area (Å²) in [4.78, 5) is 37.1. The Bertz CT molecular complexity index is 1410. The largest absolute Gasteiger partial charge is 0.468 e. The second-order valence-corrected chi connectivity index (χ2v) is 11.4. The van der Waals surface area contributed by atoms with Gasteiger partial charge in [0.2, 0.25) is 10.0 Å². The monoisotopic (exact) mass is 564 g/mol. The fourth-order valence-electron chi connectivity index (χ4n) is 3.31. The summed E-state index contributed by atoms with van der Waals surface area (Å²) in [6.45, 7) is 0.152. The molecule has 37 heavy (non-hydrogen) atoms. The van der Waals surface area contributed by atoms with Crippen molar-refractivity contribution in [2.24, 2.45) is 0 Å². The predicted octanol–water partition coefficient (Wildman–Crippen LogP) is 0.345. The fraction of sp³-hybridized carbons (Fsp3) is 0.450. The molecule has 204 valence electrons. The number of hydrogen-bond donors (Lipinski definition) is 3. The van der Waals surface area contributed by atoms with E-state index in [-0.39, 0.29) is 22.6 Å². The van der Waals surface area contributed by atoms with Crippen LogP contribution in [0.1, 0.15) is 18.2 Å². The van der Waals surface area contributed by atoms with Crippen LogP contribution in [-0.2, 0) is 33.4 Å². The molecule has 0 aliphatic carbocycles. The Labute approximate surface area is 210 Å². The molecule has 17 heteroatoms. The van der Waals surface area contributed by atoms with E-state index in [0.717, 1.165) is 11.7 Å². The number of aromatic nitrogens is 2. The molecule has 1 unspecified atom stereocenters. The zero-order valence-electron chi connectivity index (χ0n) is 20.0. The molecule has 0 spiro atoms. The van der Waals surface area contributed by atoms with E-state index in [9.17, 15) is 31.8 Å². The highest BCUT2D eigenvalue weighted by Crippen LogP contribution is 2.46. The third-order valence-electron chi connectivity index (χ3n) is 5.30. The van der Waals surface area contributed by atoms with Crippen LogP contribution in [0.25, 0.3) is 0 Å². The molecule has 0 radical (unpaired) electrons. The number of aromatic amines is 1. The van der Waals surface area contributed by atoms with Crippen molar-refractivity contribution in [1.82, 2.24) is 19.4 Å². The molecular formula is C20H26FN4O10PS. The maximum atomic E-state index is 14.8. The van der Waals surface area contributed by atoms with Crippen LogP contribution in [-0.4, -0.2) is 63.5 Å².